The highest BCUT2D eigenvalue weighted by molar-refractivity contribution is 7.99. The molecule has 17 heteroatoms. The lowest BCUT2D eigenvalue weighted by molar-refractivity contribution is 0.0372. The number of para-hydroxylation sites is 4. The van der Waals surface area contributed by atoms with Gasteiger partial charge in [-0.1, -0.05) is 97.1 Å². The molecule has 6 aromatic rings. The maximum Gasteiger partial charge on any atom is 0.411 e. The van der Waals surface area contributed by atoms with Crippen LogP contribution in [0.5, 0.6) is 0 Å². The highest BCUT2D eigenvalue weighted by Gasteiger charge is 2.49. The number of rotatable bonds is 12. The maximum absolute atomic E-state index is 13.7. The van der Waals surface area contributed by atoms with Gasteiger partial charge in [-0.05, 0) is 85.6 Å². The molecule has 6 aromatic carbocycles. The lowest BCUT2D eigenvalue weighted by Gasteiger charge is -2.35. The van der Waals surface area contributed by atoms with Gasteiger partial charge in [0.05, 0.1) is 10.8 Å². The van der Waals surface area contributed by atoms with Crippen LogP contribution in [0.1, 0.15) is 31.8 Å². The number of ether oxygens (including phenoxy) is 4. The lowest BCUT2D eigenvalue weighted by Crippen LogP contribution is -2.49. The molecule has 0 bridgehead atoms. The lowest BCUT2D eigenvalue weighted by atomic mass is 9.81. The third kappa shape index (κ3) is 12.6. The number of nitrogens with one attached hydrogen (secondary N) is 4. The summed E-state index contributed by atoms with van der Waals surface area (Å²) in [5, 5.41) is 10.5. The fourth-order valence-electron chi connectivity index (χ4n) is 7.41. The van der Waals surface area contributed by atoms with Crippen molar-refractivity contribution in [2.75, 3.05) is 59.2 Å². The van der Waals surface area contributed by atoms with Crippen LogP contribution in [0.15, 0.2) is 168 Å². The molecule has 4 amide bonds. The van der Waals surface area contributed by atoms with Crippen LogP contribution in [0.4, 0.5) is 41.9 Å². The number of fused-ring (bicyclic) bond motifs is 2. The van der Waals surface area contributed by atoms with Crippen LogP contribution in [0, 0.1) is 24.7 Å². The van der Waals surface area contributed by atoms with Crippen LogP contribution in [0.3, 0.4) is 0 Å². The molecule has 0 aromatic heterocycles. The van der Waals surface area contributed by atoms with E-state index in [4.69, 9.17) is 18.9 Å². The smallest absolute Gasteiger partial charge is 0.411 e. The van der Waals surface area contributed by atoms with Crippen molar-refractivity contribution >= 4 is 81.3 Å². The molecular formula is C52H48N4O11S2. The van der Waals surface area contributed by atoms with E-state index >= 15 is 0 Å². The molecule has 0 radical (unpaired) electrons. The van der Waals surface area contributed by atoms with Gasteiger partial charge in [-0.2, -0.15) is 0 Å². The summed E-state index contributed by atoms with van der Waals surface area (Å²) in [7, 11) is -1.57. The third-order valence-corrected chi connectivity index (χ3v) is 14.0. The number of thioether (sulfide) groups is 1. The van der Waals surface area contributed by atoms with Gasteiger partial charge in [0.25, 0.3) is 0 Å². The van der Waals surface area contributed by atoms with Gasteiger partial charge in [-0.15, -0.1) is 11.8 Å². The minimum Gasteiger partial charge on any atom is -0.448 e. The summed E-state index contributed by atoms with van der Waals surface area (Å²) in [4.78, 5) is 78.4. The first-order valence-corrected chi connectivity index (χ1v) is 23.9. The van der Waals surface area contributed by atoms with E-state index in [0.29, 0.717) is 50.1 Å². The molecule has 0 aliphatic carbocycles. The second-order valence-electron chi connectivity index (χ2n) is 16.2. The fourth-order valence-corrected chi connectivity index (χ4v) is 10.4. The van der Waals surface area contributed by atoms with E-state index in [1.165, 1.54) is 11.8 Å². The average Bonchev–Trinajstić information content (AvgIpc) is 3.35. The SMILES string of the molecule is Cc1cccc2c1C(=O)C(COC(=O)Nc1ccccc1)(COC(=O)Nc1ccccc1)CS2.Cc1cccc2c1C(=O)C(COC(=O)Nc1ccccc1)(COC(=O)Nc1ccccc1)CS2=O. The predicted octanol–water partition coefficient (Wildman–Crippen LogP) is 10.5. The number of benzene rings is 6. The first-order chi connectivity index (χ1) is 33.3. The van der Waals surface area contributed by atoms with Crippen LogP contribution in [0.2, 0.25) is 0 Å². The van der Waals surface area contributed by atoms with Gasteiger partial charge in [0.15, 0.2) is 11.6 Å². The number of carbonyl (C=O) groups excluding carboxylic acids is 6. The summed E-state index contributed by atoms with van der Waals surface area (Å²) in [5.41, 5.74) is 1.80. The normalized spacial score (nSPS) is 15.0. The Morgan fingerprint density at radius 2 is 0.826 bits per heavy atom. The molecule has 2 heterocycles. The number of carbonyl (C=O) groups is 6. The van der Waals surface area contributed by atoms with Crippen LogP contribution in [-0.2, 0) is 29.7 Å². The summed E-state index contributed by atoms with van der Waals surface area (Å²) in [5.74, 6) is -0.441. The van der Waals surface area contributed by atoms with Crippen LogP contribution >= 0.6 is 11.8 Å². The predicted molar refractivity (Wildman–Crippen MR) is 264 cm³/mol. The second kappa shape index (κ2) is 22.8. The Balaban J connectivity index is 0.000000204. The Hall–Kier alpha value is -7.76. The van der Waals surface area contributed by atoms with E-state index in [2.05, 4.69) is 21.3 Å². The number of hydrogen-bond donors (Lipinski definition) is 4. The number of anilines is 4. The van der Waals surface area contributed by atoms with E-state index in [1.807, 2.05) is 37.3 Å². The van der Waals surface area contributed by atoms with Crippen molar-refractivity contribution in [1.29, 1.82) is 0 Å². The molecule has 1 atom stereocenters. The minimum atomic E-state index is -1.57. The monoisotopic (exact) mass is 968 g/mol. The Morgan fingerprint density at radius 3 is 1.23 bits per heavy atom. The third-order valence-electron chi connectivity index (χ3n) is 11.0. The van der Waals surface area contributed by atoms with Crippen LogP contribution in [0.25, 0.3) is 0 Å². The molecule has 1 unspecified atom stereocenters. The maximum atomic E-state index is 13.7. The van der Waals surface area contributed by atoms with E-state index < -0.39 is 59.2 Å². The molecule has 354 valence electrons. The first-order valence-electron chi connectivity index (χ1n) is 21.6. The molecule has 0 saturated heterocycles. The molecule has 69 heavy (non-hydrogen) atoms. The first kappa shape index (κ1) is 49.2. The number of Topliss-reactive ketones (excluding diaryl/α,β-unsaturated/α-hetero) is 2. The van der Waals surface area contributed by atoms with Gasteiger partial charge in [0, 0.05) is 55.2 Å². The molecule has 15 nitrogen and oxygen atoms in total. The van der Waals surface area contributed by atoms with Crippen LogP contribution < -0.4 is 21.3 Å². The Kier molecular flexibility index (Phi) is 16.3. The van der Waals surface area contributed by atoms with Gasteiger partial charge in [0.2, 0.25) is 0 Å². The van der Waals surface area contributed by atoms with Gasteiger partial charge in [0.1, 0.15) is 37.3 Å². The fraction of sp³-hybridized carbons (Fsp3) is 0.192. The number of aryl methyl sites for hydroxylation is 2. The van der Waals surface area contributed by atoms with Gasteiger partial charge < -0.3 is 18.9 Å². The Labute approximate surface area is 405 Å². The van der Waals surface area contributed by atoms with Crippen molar-refractivity contribution in [3.05, 3.63) is 180 Å². The van der Waals surface area contributed by atoms with Crippen molar-refractivity contribution in [1.82, 2.24) is 0 Å². The van der Waals surface area contributed by atoms with Gasteiger partial charge in [-0.3, -0.25) is 35.1 Å². The zero-order valence-corrected chi connectivity index (χ0v) is 39.2. The summed E-state index contributed by atoms with van der Waals surface area (Å²) < 4.78 is 34.8. The van der Waals surface area contributed by atoms with E-state index in [0.717, 1.165) is 10.5 Å². The molecule has 0 saturated carbocycles. The highest BCUT2D eigenvalue weighted by Crippen LogP contribution is 2.42. The minimum absolute atomic E-state index is 0.153. The standard InChI is InChI=1S/C26H24N2O6S.C26H24N2O5S/c1-18-9-8-14-21-22(18)23(29)26(17-35(21)32,15-33-24(30)27-19-10-4-2-5-11-19)16-34-25(31)28-20-12-6-3-7-13-20;1-18-9-8-14-21-22(18)23(29)26(17-34-21,15-32-24(30)27-19-10-4-2-5-11-19)16-33-25(31)28-20-12-6-3-7-13-20/h2-14H,15-17H2,1H3,(H,27,30)(H,28,31);2-14H,15-17H2,1H3,(H,27,30)(H,28,31). The van der Waals surface area contributed by atoms with Crippen molar-refractivity contribution in [2.24, 2.45) is 10.8 Å². The number of ketones is 2. The summed E-state index contributed by atoms with van der Waals surface area (Å²) in [6.07, 6.45) is -2.93. The summed E-state index contributed by atoms with van der Waals surface area (Å²) >= 11 is 1.48. The van der Waals surface area contributed by atoms with E-state index in [1.54, 1.807) is 134 Å². The molecule has 0 spiro atoms. The summed E-state index contributed by atoms with van der Waals surface area (Å²) in [6.45, 7) is 2.31. The summed E-state index contributed by atoms with van der Waals surface area (Å²) in [6, 6.07) is 45.9. The molecule has 8 rings (SSSR count). The quantitative estimate of drug-likeness (QED) is 0.0846. The van der Waals surface area contributed by atoms with Crippen molar-refractivity contribution < 1.29 is 51.9 Å². The van der Waals surface area contributed by atoms with Crippen molar-refractivity contribution in [3.63, 3.8) is 0 Å². The molecule has 0 fully saturated rings. The van der Waals surface area contributed by atoms with Crippen molar-refractivity contribution in [3.8, 4) is 0 Å². The van der Waals surface area contributed by atoms with Crippen molar-refractivity contribution in [2.45, 2.75) is 23.6 Å². The molecule has 4 N–H and O–H groups in total. The average molecular weight is 969 g/mol. The van der Waals surface area contributed by atoms with Gasteiger partial charge in [-0.25, -0.2) is 19.2 Å². The van der Waals surface area contributed by atoms with E-state index in [9.17, 15) is 33.0 Å². The number of amides is 4. The molecular weight excluding hydrogens is 921 g/mol. The second-order valence-corrected chi connectivity index (χ2v) is 18.6. The van der Waals surface area contributed by atoms with Gasteiger partial charge >= 0.3 is 24.4 Å². The Morgan fingerprint density at radius 1 is 0.478 bits per heavy atom. The van der Waals surface area contributed by atoms with E-state index in [-0.39, 0.29) is 30.5 Å². The zero-order chi connectivity index (χ0) is 48.8. The molecule has 2 aliphatic heterocycles. The zero-order valence-electron chi connectivity index (χ0n) is 37.6. The van der Waals surface area contributed by atoms with Crippen LogP contribution in [-0.4, -0.2) is 78.1 Å². The topological polar surface area (TPSA) is 205 Å². The number of hydrogen-bond acceptors (Lipinski definition) is 12. The largest absolute Gasteiger partial charge is 0.448 e. The highest BCUT2D eigenvalue weighted by atomic mass is 32.2. The molecule has 2 aliphatic rings. The Bertz CT molecular complexity index is 2720.